The highest BCUT2D eigenvalue weighted by Gasteiger charge is 2.12. The van der Waals surface area contributed by atoms with Crippen molar-refractivity contribution in [3.8, 4) is 17.6 Å². The van der Waals surface area contributed by atoms with Crippen LogP contribution in [0.15, 0.2) is 48.5 Å². The van der Waals surface area contributed by atoms with Gasteiger partial charge in [-0.15, -0.1) is 0 Å². The summed E-state index contributed by atoms with van der Waals surface area (Å²) in [6, 6.07) is 16.0. The SMILES string of the molecule is COc1ccc(C(C#N)Nc2ccccc2)cc1O. The molecule has 0 heterocycles. The van der Waals surface area contributed by atoms with Gasteiger partial charge < -0.3 is 15.2 Å². The fourth-order valence-electron chi connectivity index (χ4n) is 1.78. The molecule has 4 heteroatoms. The molecule has 2 rings (SSSR count). The number of hydrogen-bond donors (Lipinski definition) is 2. The topological polar surface area (TPSA) is 65.3 Å². The molecule has 0 saturated heterocycles. The van der Waals surface area contributed by atoms with E-state index < -0.39 is 6.04 Å². The first-order valence-electron chi connectivity index (χ1n) is 5.82. The number of rotatable bonds is 4. The number of nitrogens with zero attached hydrogens (tertiary/aromatic N) is 1. The Morgan fingerprint density at radius 1 is 1.21 bits per heavy atom. The Balaban J connectivity index is 2.23. The number of anilines is 1. The molecule has 0 aliphatic heterocycles. The summed E-state index contributed by atoms with van der Waals surface area (Å²) in [5.41, 5.74) is 1.54. The Kier molecular flexibility index (Phi) is 3.89. The highest BCUT2D eigenvalue weighted by Crippen LogP contribution is 2.29. The van der Waals surface area contributed by atoms with E-state index in [2.05, 4.69) is 11.4 Å². The molecule has 0 aromatic heterocycles. The minimum absolute atomic E-state index is 0.0233. The summed E-state index contributed by atoms with van der Waals surface area (Å²) in [5.74, 6) is 0.412. The third-order valence-electron chi connectivity index (χ3n) is 2.75. The largest absolute Gasteiger partial charge is 0.504 e. The van der Waals surface area contributed by atoms with Crippen LogP contribution in [0.25, 0.3) is 0 Å². The molecule has 4 nitrogen and oxygen atoms in total. The van der Waals surface area contributed by atoms with Crippen molar-refractivity contribution < 1.29 is 9.84 Å². The number of aromatic hydroxyl groups is 1. The van der Waals surface area contributed by atoms with E-state index in [9.17, 15) is 10.4 Å². The van der Waals surface area contributed by atoms with Crippen LogP contribution in [-0.2, 0) is 0 Å². The molecule has 1 unspecified atom stereocenters. The Bertz CT molecular complexity index is 591. The molecule has 0 amide bonds. The summed E-state index contributed by atoms with van der Waals surface area (Å²) in [7, 11) is 1.48. The summed E-state index contributed by atoms with van der Waals surface area (Å²) in [4.78, 5) is 0. The fraction of sp³-hybridized carbons (Fsp3) is 0.133. The smallest absolute Gasteiger partial charge is 0.160 e. The van der Waals surface area contributed by atoms with Gasteiger partial charge in [-0.2, -0.15) is 5.26 Å². The molecule has 2 aromatic rings. The van der Waals surface area contributed by atoms with Gasteiger partial charge >= 0.3 is 0 Å². The van der Waals surface area contributed by atoms with Crippen LogP contribution in [-0.4, -0.2) is 12.2 Å². The average molecular weight is 254 g/mol. The summed E-state index contributed by atoms with van der Waals surface area (Å²) in [6.45, 7) is 0. The Morgan fingerprint density at radius 3 is 2.53 bits per heavy atom. The van der Waals surface area contributed by atoms with Crippen LogP contribution in [0.4, 0.5) is 5.69 Å². The zero-order valence-electron chi connectivity index (χ0n) is 10.5. The van der Waals surface area contributed by atoms with Gasteiger partial charge in [-0.1, -0.05) is 24.3 Å². The number of phenolic OH excluding ortho intramolecular Hbond substituents is 1. The number of phenols is 1. The second-order valence-corrected chi connectivity index (χ2v) is 4.00. The molecule has 96 valence electrons. The van der Waals surface area contributed by atoms with E-state index in [1.807, 2.05) is 30.3 Å². The average Bonchev–Trinajstić information content (AvgIpc) is 2.46. The van der Waals surface area contributed by atoms with Crippen LogP contribution in [0.2, 0.25) is 0 Å². The van der Waals surface area contributed by atoms with Gasteiger partial charge in [-0.25, -0.2) is 0 Å². The van der Waals surface area contributed by atoms with Crippen molar-refractivity contribution in [2.45, 2.75) is 6.04 Å². The Morgan fingerprint density at radius 2 is 1.95 bits per heavy atom. The van der Waals surface area contributed by atoms with Crippen molar-refractivity contribution in [2.75, 3.05) is 12.4 Å². The van der Waals surface area contributed by atoms with Crippen molar-refractivity contribution in [3.05, 3.63) is 54.1 Å². The zero-order valence-corrected chi connectivity index (χ0v) is 10.5. The first kappa shape index (κ1) is 12.8. The normalized spacial score (nSPS) is 11.4. The third-order valence-corrected chi connectivity index (χ3v) is 2.75. The second kappa shape index (κ2) is 5.78. The summed E-state index contributed by atoms with van der Waals surface area (Å²) in [6.07, 6.45) is 0. The molecule has 2 aromatic carbocycles. The molecule has 0 aliphatic carbocycles. The molecule has 0 fully saturated rings. The molecule has 0 aliphatic rings. The van der Waals surface area contributed by atoms with Crippen molar-refractivity contribution in [1.29, 1.82) is 5.26 Å². The predicted octanol–water partition coefficient (Wildman–Crippen LogP) is 3.08. The molecule has 19 heavy (non-hydrogen) atoms. The van der Waals surface area contributed by atoms with Crippen molar-refractivity contribution in [2.24, 2.45) is 0 Å². The lowest BCUT2D eigenvalue weighted by Gasteiger charge is -2.14. The highest BCUT2D eigenvalue weighted by atomic mass is 16.5. The van der Waals surface area contributed by atoms with Gasteiger partial charge in [0.25, 0.3) is 0 Å². The maximum absolute atomic E-state index is 9.74. The van der Waals surface area contributed by atoms with Crippen LogP contribution in [0.5, 0.6) is 11.5 Å². The van der Waals surface area contributed by atoms with Crippen molar-refractivity contribution in [1.82, 2.24) is 0 Å². The van der Waals surface area contributed by atoms with E-state index >= 15 is 0 Å². The van der Waals surface area contributed by atoms with Crippen LogP contribution >= 0.6 is 0 Å². The van der Waals surface area contributed by atoms with Gasteiger partial charge in [0, 0.05) is 5.69 Å². The number of hydrogen-bond acceptors (Lipinski definition) is 4. The number of ether oxygens (including phenoxy) is 1. The van der Waals surface area contributed by atoms with Crippen LogP contribution in [0.3, 0.4) is 0 Å². The summed E-state index contributed by atoms with van der Waals surface area (Å²) in [5, 5.41) is 22.1. The monoisotopic (exact) mass is 254 g/mol. The van der Waals surface area contributed by atoms with Crippen LogP contribution in [0.1, 0.15) is 11.6 Å². The van der Waals surface area contributed by atoms with Gasteiger partial charge in [0.15, 0.2) is 11.5 Å². The van der Waals surface area contributed by atoms with Gasteiger partial charge in [0.1, 0.15) is 6.04 Å². The summed E-state index contributed by atoms with van der Waals surface area (Å²) >= 11 is 0. The standard InChI is InChI=1S/C15H14N2O2/c1-19-15-8-7-11(9-14(15)18)13(10-16)17-12-5-3-2-4-6-12/h2-9,13,17-18H,1H3. The maximum Gasteiger partial charge on any atom is 0.160 e. The molecule has 0 saturated carbocycles. The van der Waals surface area contributed by atoms with E-state index in [0.29, 0.717) is 11.3 Å². The van der Waals surface area contributed by atoms with E-state index in [0.717, 1.165) is 5.69 Å². The lowest BCUT2D eigenvalue weighted by atomic mass is 10.1. The van der Waals surface area contributed by atoms with E-state index in [1.165, 1.54) is 13.2 Å². The van der Waals surface area contributed by atoms with Crippen LogP contribution < -0.4 is 10.1 Å². The Hall–Kier alpha value is -2.67. The van der Waals surface area contributed by atoms with E-state index in [-0.39, 0.29) is 5.75 Å². The zero-order chi connectivity index (χ0) is 13.7. The Labute approximate surface area is 111 Å². The number of benzene rings is 2. The molecular weight excluding hydrogens is 240 g/mol. The van der Waals surface area contributed by atoms with Crippen LogP contribution in [0, 0.1) is 11.3 Å². The van der Waals surface area contributed by atoms with E-state index in [4.69, 9.17) is 4.74 Å². The van der Waals surface area contributed by atoms with Gasteiger partial charge in [0.05, 0.1) is 13.2 Å². The lowest BCUT2D eigenvalue weighted by Crippen LogP contribution is -2.08. The molecule has 0 spiro atoms. The molecular formula is C15H14N2O2. The lowest BCUT2D eigenvalue weighted by molar-refractivity contribution is 0.373. The molecule has 2 N–H and O–H groups in total. The number of para-hydroxylation sites is 1. The number of nitrogens with one attached hydrogen (secondary N) is 1. The fourth-order valence-corrected chi connectivity index (χ4v) is 1.78. The van der Waals surface area contributed by atoms with Crippen molar-refractivity contribution >= 4 is 5.69 Å². The number of nitriles is 1. The minimum atomic E-state index is -0.529. The molecule has 0 bridgehead atoms. The quantitative estimate of drug-likeness (QED) is 0.880. The van der Waals surface area contributed by atoms with E-state index in [1.54, 1.807) is 12.1 Å². The third kappa shape index (κ3) is 2.96. The minimum Gasteiger partial charge on any atom is -0.504 e. The molecule has 0 radical (unpaired) electrons. The molecule has 1 atom stereocenters. The van der Waals surface area contributed by atoms with Gasteiger partial charge in [-0.05, 0) is 29.8 Å². The summed E-state index contributed by atoms with van der Waals surface area (Å²) < 4.78 is 4.98. The first-order chi connectivity index (χ1) is 9.24. The van der Waals surface area contributed by atoms with Gasteiger partial charge in [-0.3, -0.25) is 0 Å². The second-order valence-electron chi connectivity index (χ2n) is 4.00. The highest BCUT2D eigenvalue weighted by molar-refractivity contribution is 5.50. The maximum atomic E-state index is 9.74. The van der Waals surface area contributed by atoms with Crippen molar-refractivity contribution in [3.63, 3.8) is 0 Å². The first-order valence-corrected chi connectivity index (χ1v) is 5.82. The number of methoxy groups -OCH3 is 1. The van der Waals surface area contributed by atoms with Gasteiger partial charge in [0.2, 0.25) is 0 Å². The predicted molar refractivity (Wildman–Crippen MR) is 73.1 cm³/mol.